The standard InChI is InChI=1S/C28H32ClF3N6O/c1-33-19-8-7-18(22(29)15-19)16-34-25(39)35-17-26-9-12-27(13-10-26,14-11-26)24-37-36-23(38(24)2)20-5-3-4-6-21(20)28(30,31)32/h3-8,15,33H,9-14,16-17H2,1-2H3,(H2,34,35,39). The van der Waals surface area contributed by atoms with Gasteiger partial charge in [0.15, 0.2) is 5.82 Å². The number of anilines is 1. The molecule has 3 aliphatic rings. The van der Waals surface area contributed by atoms with Gasteiger partial charge in [0.25, 0.3) is 0 Å². The van der Waals surface area contributed by atoms with Crippen molar-refractivity contribution in [3.8, 4) is 11.4 Å². The number of hydrogen-bond donors (Lipinski definition) is 3. The molecule has 1 aromatic heterocycles. The molecule has 39 heavy (non-hydrogen) atoms. The maximum Gasteiger partial charge on any atom is 0.417 e. The van der Waals surface area contributed by atoms with Crippen molar-refractivity contribution in [2.24, 2.45) is 12.5 Å². The Bertz CT molecular complexity index is 1350. The molecule has 0 saturated heterocycles. The van der Waals surface area contributed by atoms with Gasteiger partial charge in [-0.3, -0.25) is 0 Å². The topological polar surface area (TPSA) is 83.9 Å². The second-order valence-electron chi connectivity index (χ2n) is 10.8. The molecule has 6 rings (SSSR count). The second-order valence-corrected chi connectivity index (χ2v) is 11.2. The van der Waals surface area contributed by atoms with Crippen molar-refractivity contribution in [3.05, 3.63) is 64.4 Å². The fourth-order valence-corrected chi connectivity index (χ4v) is 6.41. The smallest absolute Gasteiger partial charge is 0.388 e. The minimum Gasteiger partial charge on any atom is -0.388 e. The first-order valence-corrected chi connectivity index (χ1v) is 13.5. The minimum atomic E-state index is -4.47. The summed E-state index contributed by atoms with van der Waals surface area (Å²) in [5, 5.41) is 18.2. The van der Waals surface area contributed by atoms with E-state index in [4.69, 9.17) is 11.6 Å². The number of carbonyl (C=O) groups is 1. The molecule has 3 aromatic rings. The molecule has 1 heterocycles. The third-order valence-electron chi connectivity index (χ3n) is 8.63. The van der Waals surface area contributed by atoms with Gasteiger partial charge in [0.05, 0.1) is 5.56 Å². The predicted molar refractivity (Wildman–Crippen MR) is 144 cm³/mol. The fourth-order valence-electron chi connectivity index (χ4n) is 6.17. The summed E-state index contributed by atoms with van der Waals surface area (Å²) in [6.45, 7) is 0.904. The summed E-state index contributed by atoms with van der Waals surface area (Å²) < 4.78 is 42.6. The number of nitrogens with one attached hydrogen (secondary N) is 3. The van der Waals surface area contributed by atoms with Gasteiger partial charge >= 0.3 is 12.2 Å². The highest BCUT2D eigenvalue weighted by Crippen LogP contribution is 2.57. The summed E-state index contributed by atoms with van der Waals surface area (Å²) in [6, 6.07) is 10.9. The van der Waals surface area contributed by atoms with Gasteiger partial charge < -0.3 is 20.5 Å². The Kier molecular flexibility index (Phi) is 7.26. The summed E-state index contributed by atoms with van der Waals surface area (Å²) in [6.07, 6.45) is 0.826. The molecule has 3 N–H and O–H groups in total. The van der Waals surface area contributed by atoms with Crippen LogP contribution in [0, 0.1) is 5.41 Å². The van der Waals surface area contributed by atoms with Crippen LogP contribution < -0.4 is 16.0 Å². The molecular weight excluding hydrogens is 529 g/mol. The Morgan fingerprint density at radius 2 is 1.72 bits per heavy atom. The largest absolute Gasteiger partial charge is 0.417 e. The van der Waals surface area contributed by atoms with Crippen molar-refractivity contribution in [1.82, 2.24) is 25.4 Å². The highest BCUT2D eigenvalue weighted by molar-refractivity contribution is 6.31. The van der Waals surface area contributed by atoms with Gasteiger partial charge in [-0.1, -0.05) is 35.9 Å². The highest BCUT2D eigenvalue weighted by atomic mass is 35.5. The summed E-state index contributed by atoms with van der Waals surface area (Å²) >= 11 is 6.31. The van der Waals surface area contributed by atoms with Crippen LogP contribution >= 0.6 is 11.6 Å². The summed E-state index contributed by atoms with van der Waals surface area (Å²) in [5.41, 5.74) is 0.866. The molecule has 7 nitrogen and oxygen atoms in total. The number of benzene rings is 2. The SMILES string of the molecule is CNc1ccc(CNC(=O)NCC23CCC(c4nnc(-c5ccccc5C(F)(F)F)n4C)(CC2)CC3)c(Cl)c1. The van der Waals surface area contributed by atoms with Crippen molar-refractivity contribution >= 4 is 23.3 Å². The summed E-state index contributed by atoms with van der Waals surface area (Å²) in [4.78, 5) is 12.5. The Morgan fingerprint density at radius 3 is 2.36 bits per heavy atom. The van der Waals surface area contributed by atoms with Crippen LogP contribution in [0.4, 0.5) is 23.7 Å². The molecule has 3 aliphatic carbocycles. The lowest BCUT2D eigenvalue weighted by Gasteiger charge is -2.52. The maximum atomic E-state index is 13.6. The van der Waals surface area contributed by atoms with Crippen molar-refractivity contribution in [3.63, 3.8) is 0 Å². The minimum absolute atomic E-state index is 0.00941. The average molecular weight is 561 g/mol. The van der Waals surface area contributed by atoms with Crippen molar-refractivity contribution in [2.45, 2.75) is 56.7 Å². The first-order chi connectivity index (χ1) is 18.6. The third kappa shape index (κ3) is 5.31. The molecule has 3 saturated carbocycles. The summed E-state index contributed by atoms with van der Waals surface area (Å²) in [5.74, 6) is 0.975. The Morgan fingerprint density at radius 1 is 1.03 bits per heavy atom. The number of urea groups is 1. The van der Waals surface area contributed by atoms with E-state index < -0.39 is 11.7 Å². The third-order valence-corrected chi connectivity index (χ3v) is 8.98. The highest BCUT2D eigenvalue weighted by Gasteiger charge is 2.51. The van der Waals surface area contributed by atoms with Crippen LogP contribution in [0.3, 0.4) is 0 Å². The normalized spacial score (nSPS) is 22.5. The van der Waals surface area contributed by atoms with Crippen LogP contribution in [-0.4, -0.2) is 34.4 Å². The van der Waals surface area contributed by atoms with Crippen LogP contribution in [0.15, 0.2) is 42.5 Å². The lowest BCUT2D eigenvalue weighted by molar-refractivity contribution is -0.137. The molecular formula is C28H32ClF3N6O. The number of rotatable bonds is 7. The van der Waals surface area contributed by atoms with E-state index in [1.165, 1.54) is 12.1 Å². The van der Waals surface area contributed by atoms with E-state index in [1.54, 1.807) is 17.7 Å². The first-order valence-electron chi connectivity index (χ1n) is 13.1. The van der Waals surface area contributed by atoms with E-state index in [0.29, 0.717) is 18.1 Å². The molecule has 0 unspecified atom stereocenters. The lowest BCUT2D eigenvalue weighted by Crippen LogP contribution is -2.51. The van der Waals surface area contributed by atoms with E-state index in [0.717, 1.165) is 61.7 Å². The number of alkyl halides is 3. The van der Waals surface area contributed by atoms with Crippen molar-refractivity contribution in [1.29, 1.82) is 0 Å². The second kappa shape index (κ2) is 10.4. The molecule has 0 radical (unpaired) electrons. The first kappa shape index (κ1) is 27.3. The zero-order chi connectivity index (χ0) is 27.8. The predicted octanol–water partition coefficient (Wildman–Crippen LogP) is 6.29. The van der Waals surface area contributed by atoms with Gasteiger partial charge in [0.1, 0.15) is 5.82 Å². The van der Waals surface area contributed by atoms with Crippen molar-refractivity contribution in [2.75, 3.05) is 18.9 Å². The zero-order valence-electron chi connectivity index (χ0n) is 22.0. The molecule has 0 atom stereocenters. The van der Waals surface area contributed by atoms with Crippen LogP contribution in [-0.2, 0) is 25.2 Å². The number of carbonyl (C=O) groups excluding carboxylic acids is 1. The number of aromatic nitrogens is 3. The average Bonchev–Trinajstić information content (AvgIpc) is 3.33. The number of nitrogens with zero attached hydrogens (tertiary/aromatic N) is 3. The molecule has 2 aromatic carbocycles. The van der Waals surface area contributed by atoms with E-state index in [9.17, 15) is 18.0 Å². The van der Waals surface area contributed by atoms with Crippen molar-refractivity contribution < 1.29 is 18.0 Å². The number of halogens is 4. The zero-order valence-corrected chi connectivity index (χ0v) is 22.7. The monoisotopic (exact) mass is 560 g/mol. The molecule has 11 heteroatoms. The van der Waals surface area contributed by atoms with Gasteiger partial charge in [0.2, 0.25) is 0 Å². The Labute approximate surface area is 230 Å². The van der Waals surface area contributed by atoms with E-state index in [2.05, 4.69) is 26.1 Å². The van der Waals surface area contributed by atoms with E-state index in [-0.39, 0.29) is 28.2 Å². The molecule has 2 bridgehead atoms. The molecule has 0 spiro atoms. The quantitative estimate of drug-likeness (QED) is 0.317. The van der Waals surface area contributed by atoms with E-state index in [1.807, 2.05) is 25.2 Å². The summed E-state index contributed by atoms with van der Waals surface area (Å²) in [7, 11) is 3.58. The number of fused-ring (bicyclic) bond motifs is 3. The number of amides is 2. The van der Waals surface area contributed by atoms with Gasteiger partial charge in [0, 0.05) is 48.9 Å². The molecule has 208 valence electrons. The van der Waals surface area contributed by atoms with Gasteiger partial charge in [-0.25, -0.2) is 4.79 Å². The molecule has 0 aliphatic heterocycles. The van der Waals surface area contributed by atoms with Crippen LogP contribution in [0.2, 0.25) is 5.02 Å². The van der Waals surface area contributed by atoms with Crippen LogP contribution in [0.5, 0.6) is 0 Å². The molecule has 3 fully saturated rings. The van der Waals surface area contributed by atoms with Gasteiger partial charge in [-0.2, -0.15) is 13.2 Å². The fraction of sp³-hybridized carbons (Fsp3) is 0.464. The Balaban J connectivity index is 1.21. The lowest BCUT2D eigenvalue weighted by atomic mass is 9.53. The van der Waals surface area contributed by atoms with Gasteiger partial charge in [-0.15, -0.1) is 10.2 Å². The number of hydrogen-bond acceptors (Lipinski definition) is 4. The van der Waals surface area contributed by atoms with Crippen LogP contribution in [0.1, 0.15) is 55.5 Å². The molecule has 2 amide bonds. The van der Waals surface area contributed by atoms with Crippen LogP contribution in [0.25, 0.3) is 11.4 Å². The maximum absolute atomic E-state index is 13.6. The Hall–Kier alpha value is -3.27. The van der Waals surface area contributed by atoms with E-state index >= 15 is 0 Å². The van der Waals surface area contributed by atoms with Gasteiger partial charge in [-0.05, 0) is 67.7 Å².